The summed E-state index contributed by atoms with van der Waals surface area (Å²) in [7, 11) is 2.05. The largest absolute Gasteiger partial charge is 0.494 e. The molecule has 142 valence electrons. The molecule has 1 aromatic rings. The third-order valence-electron chi connectivity index (χ3n) is 3.94. The normalized spacial score (nSPS) is 14.0. The smallest absolute Gasteiger partial charge is 0.194 e. The number of rotatable bonds is 10. The highest BCUT2D eigenvalue weighted by molar-refractivity contribution is 14.0. The van der Waals surface area contributed by atoms with Crippen molar-refractivity contribution in [3.63, 3.8) is 0 Å². The van der Waals surface area contributed by atoms with Crippen molar-refractivity contribution in [2.45, 2.75) is 33.2 Å². The SMILES string of the molecule is CCNC(=NCc1cccc(OCC)c1)N(C)CCOCC1CC1.I. The third-order valence-corrected chi connectivity index (χ3v) is 3.94. The van der Waals surface area contributed by atoms with Crippen molar-refractivity contribution in [3.8, 4) is 5.75 Å². The number of nitrogens with one attached hydrogen (secondary N) is 1. The van der Waals surface area contributed by atoms with Gasteiger partial charge in [0.2, 0.25) is 0 Å². The van der Waals surface area contributed by atoms with E-state index in [0.29, 0.717) is 13.2 Å². The summed E-state index contributed by atoms with van der Waals surface area (Å²) in [5, 5.41) is 3.34. The highest BCUT2D eigenvalue weighted by atomic mass is 127. The summed E-state index contributed by atoms with van der Waals surface area (Å²) in [5.41, 5.74) is 1.15. The molecule has 0 atom stereocenters. The first-order valence-corrected chi connectivity index (χ1v) is 9.01. The average Bonchev–Trinajstić information content (AvgIpc) is 3.40. The van der Waals surface area contributed by atoms with E-state index in [0.717, 1.165) is 49.5 Å². The van der Waals surface area contributed by atoms with E-state index in [2.05, 4.69) is 36.3 Å². The fourth-order valence-electron chi connectivity index (χ4n) is 2.38. The first-order valence-electron chi connectivity index (χ1n) is 9.01. The van der Waals surface area contributed by atoms with Crippen molar-refractivity contribution in [3.05, 3.63) is 29.8 Å². The van der Waals surface area contributed by atoms with E-state index in [9.17, 15) is 0 Å². The van der Waals surface area contributed by atoms with E-state index in [1.807, 2.05) is 19.1 Å². The van der Waals surface area contributed by atoms with Crippen LogP contribution in [0.15, 0.2) is 29.3 Å². The number of ether oxygens (including phenoxy) is 2. The maximum absolute atomic E-state index is 5.72. The lowest BCUT2D eigenvalue weighted by Gasteiger charge is -2.22. The second-order valence-electron chi connectivity index (χ2n) is 6.19. The predicted octanol–water partition coefficient (Wildman–Crippen LogP) is 3.53. The Hall–Kier alpha value is -1.02. The minimum absolute atomic E-state index is 0. The Bertz CT molecular complexity index is 521. The Morgan fingerprint density at radius 2 is 2.12 bits per heavy atom. The summed E-state index contributed by atoms with van der Waals surface area (Å²) in [5.74, 6) is 2.63. The molecule has 0 saturated heterocycles. The van der Waals surface area contributed by atoms with E-state index < -0.39 is 0 Å². The first kappa shape index (κ1) is 22.0. The summed E-state index contributed by atoms with van der Waals surface area (Å²) < 4.78 is 11.3. The van der Waals surface area contributed by atoms with Crippen molar-refractivity contribution >= 4 is 29.9 Å². The van der Waals surface area contributed by atoms with Crippen molar-refractivity contribution in [1.29, 1.82) is 0 Å². The van der Waals surface area contributed by atoms with Crippen LogP contribution in [0.2, 0.25) is 0 Å². The third kappa shape index (κ3) is 8.76. The standard InChI is InChI=1S/C19H31N3O2.HI/c1-4-20-19(22(3)11-12-23-15-16-9-10-16)21-14-17-7-6-8-18(13-17)24-5-2;/h6-8,13,16H,4-5,9-12,14-15H2,1-3H3,(H,20,21);1H. The van der Waals surface area contributed by atoms with Gasteiger partial charge < -0.3 is 19.7 Å². The van der Waals surface area contributed by atoms with E-state index in [-0.39, 0.29) is 24.0 Å². The summed E-state index contributed by atoms with van der Waals surface area (Å²) >= 11 is 0. The zero-order chi connectivity index (χ0) is 17.2. The van der Waals surface area contributed by atoms with Gasteiger partial charge in [0, 0.05) is 26.7 Å². The molecule has 0 spiro atoms. The van der Waals surface area contributed by atoms with Gasteiger partial charge in [-0.25, -0.2) is 4.99 Å². The summed E-state index contributed by atoms with van der Waals surface area (Å²) in [6, 6.07) is 8.12. The molecule has 1 N–H and O–H groups in total. The second kappa shape index (κ2) is 12.4. The van der Waals surface area contributed by atoms with Crippen LogP contribution in [-0.2, 0) is 11.3 Å². The van der Waals surface area contributed by atoms with Crippen molar-refractivity contribution in [2.75, 3.05) is 40.0 Å². The van der Waals surface area contributed by atoms with E-state index in [1.54, 1.807) is 0 Å². The molecule has 25 heavy (non-hydrogen) atoms. The molecule has 0 aliphatic heterocycles. The fraction of sp³-hybridized carbons (Fsp3) is 0.632. The fourth-order valence-corrected chi connectivity index (χ4v) is 2.38. The molecule has 5 nitrogen and oxygen atoms in total. The van der Waals surface area contributed by atoms with Gasteiger partial charge in [-0.3, -0.25) is 0 Å². The van der Waals surface area contributed by atoms with Gasteiger partial charge in [0.25, 0.3) is 0 Å². The minimum atomic E-state index is 0. The molecular weight excluding hydrogens is 429 g/mol. The maximum atomic E-state index is 5.72. The van der Waals surface area contributed by atoms with Crippen LogP contribution in [-0.4, -0.2) is 50.8 Å². The lowest BCUT2D eigenvalue weighted by molar-refractivity contribution is 0.115. The Labute approximate surface area is 169 Å². The molecule has 0 aromatic heterocycles. The maximum Gasteiger partial charge on any atom is 0.194 e. The Kier molecular flexibility index (Phi) is 10.9. The quantitative estimate of drug-likeness (QED) is 0.251. The molecule has 1 saturated carbocycles. The molecule has 0 unspecified atom stereocenters. The number of hydrogen-bond acceptors (Lipinski definition) is 3. The molecular formula is C19H32IN3O2. The molecule has 1 aliphatic carbocycles. The van der Waals surface area contributed by atoms with Crippen LogP contribution >= 0.6 is 24.0 Å². The molecule has 0 bridgehead atoms. The highest BCUT2D eigenvalue weighted by Crippen LogP contribution is 2.28. The van der Waals surface area contributed by atoms with Crippen LogP contribution in [0.1, 0.15) is 32.3 Å². The van der Waals surface area contributed by atoms with Crippen LogP contribution in [0.25, 0.3) is 0 Å². The Morgan fingerprint density at radius 3 is 2.80 bits per heavy atom. The number of halogens is 1. The lowest BCUT2D eigenvalue weighted by Crippen LogP contribution is -2.40. The number of hydrogen-bond donors (Lipinski definition) is 1. The zero-order valence-corrected chi connectivity index (χ0v) is 18.0. The van der Waals surface area contributed by atoms with Crippen molar-refractivity contribution < 1.29 is 9.47 Å². The topological polar surface area (TPSA) is 46.1 Å². The van der Waals surface area contributed by atoms with Crippen LogP contribution in [0, 0.1) is 5.92 Å². The van der Waals surface area contributed by atoms with Gasteiger partial charge in [0.05, 0.1) is 19.8 Å². The zero-order valence-electron chi connectivity index (χ0n) is 15.7. The monoisotopic (exact) mass is 461 g/mol. The molecule has 0 amide bonds. The van der Waals surface area contributed by atoms with Gasteiger partial charge in [0.15, 0.2) is 5.96 Å². The van der Waals surface area contributed by atoms with Gasteiger partial charge in [-0.1, -0.05) is 12.1 Å². The predicted molar refractivity (Wildman–Crippen MR) is 114 cm³/mol. The first-order chi connectivity index (χ1) is 11.7. The molecule has 2 rings (SSSR count). The highest BCUT2D eigenvalue weighted by Gasteiger charge is 2.21. The average molecular weight is 461 g/mol. The van der Waals surface area contributed by atoms with Crippen LogP contribution in [0.3, 0.4) is 0 Å². The van der Waals surface area contributed by atoms with Crippen molar-refractivity contribution in [2.24, 2.45) is 10.9 Å². The van der Waals surface area contributed by atoms with Crippen molar-refractivity contribution in [1.82, 2.24) is 10.2 Å². The summed E-state index contributed by atoms with van der Waals surface area (Å²) in [6.45, 7) is 8.75. The number of benzene rings is 1. The van der Waals surface area contributed by atoms with Crippen LogP contribution in [0.5, 0.6) is 5.75 Å². The van der Waals surface area contributed by atoms with Gasteiger partial charge in [-0.05, 0) is 50.3 Å². The number of likely N-dealkylation sites (N-methyl/N-ethyl adjacent to an activating group) is 1. The number of guanidine groups is 1. The molecule has 1 fully saturated rings. The molecule has 1 aromatic carbocycles. The number of aliphatic imine (C=N–C) groups is 1. The van der Waals surface area contributed by atoms with Gasteiger partial charge in [-0.15, -0.1) is 24.0 Å². The number of nitrogens with zero attached hydrogens (tertiary/aromatic N) is 2. The Morgan fingerprint density at radius 1 is 1.32 bits per heavy atom. The summed E-state index contributed by atoms with van der Waals surface area (Å²) in [4.78, 5) is 6.86. The Balaban J connectivity index is 0.00000312. The second-order valence-corrected chi connectivity index (χ2v) is 6.19. The molecule has 1 aliphatic rings. The van der Waals surface area contributed by atoms with E-state index >= 15 is 0 Å². The molecule has 6 heteroatoms. The molecule has 0 radical (unpaired) electrons. The van der Waals surface area contributed by atoms with Gasteiger partial charge in [0.1, 0.15) is 5.75 Å². The lowest BCUT2D eigenvalue weighted by atomic mass is 10.2. The van der Waals surface area contributed by atoms with E-state index in [4.69, 9.17) is 14.5 Å². The minimum Gasteiger partial charge on any atom is -0.494 e. The molecule has 0 heterocycles. The van der Waals surface area contributed by atoms with Crippen LogP contribution < -0.4 is 10.1 Å². The van der Waals surface area contributed by atoms with E-state index in [1.165, 1.54) is 12.8 Å². The van der Waals surface area contributed by atoms with Crippen LogP contribution in [0.4, 0.5) is 0 Å². The summed E-state index contributed by atoms with van der Waals surface area (Å²) in [6.07, 6.45) is 2.67. The van der Waals surface area contributed by atoms with Gasteiger partial charge in [-0.2, -0.15) is 0 Å². The van der Waals surface area contributed by atoms with Gasteiger partial charge >= 0.3 is 0 Å².